The predicted molar refractivity (Wildman–Crippen MR) is 142 cm³/mol. The molecule has 3 aromatic carbocycles. The van der Waals surface area contributed by atoms with Gasteiger partial charge in [-0.15, -0.1) is 6.42 Å². The standard InChI is InChI=1S/C24H15I2NO3S/c1-2-9-30-22-19(25)11-16(12-20(22)26)13-21-23(28)27(24(29)31-21)14-15-7-8-17-5-3-4-6-18(17)10-15/h1,3-8,10-13H,9,14H2/b21-13-. The molecule has 4 nitrogen and oxygen atoms in total. The molecule has 0 spiro atoms. The van der Waals surface area contributed by atoms with Crippen molar-refractivity contribution in [1.29, 1.82) is 0 Å². The van der Waals surface area contributed by atoms with E-state index in [1.54, 1.807) is 6.08 Å². The first-order valence-electron chi connectivity index (χ1n) is 9.24. The van der Waals surface area contributed by atoms with E-state index < -0.39 is 0 Å². The van der Waals surface area contributed by atoms with Gasteiger partial charge in [-0.2, -0.15) is 0 Å². The molecule has 1 saturated heterocycles. The molecule has 0 aliphatic carbocycles. The number of hydrogen-bond donors (Lipinski definition) is 0. The third-order valence-corrected chi connectivity index (χ3v) is 7.16. The summed E-state index contributed by atoms with van der Waals surface area (Å²) >= 11 is 5.32. The fraction of sp³-hybridized carbons (Fsp3) is 0.0833. The number of amides is 2. The summed E-state index contributed by atoms with van der Waals surface area (Å²) in [5, 5.41) is 1.95. The van der Waals surface area contributed by atoms with Gasteiger partial charge in [0.2, 0.25) is 0 Å². The number of carbonyl (C=O) groups is 2. The second kappa shape index (κ2) is 9.63. The quantitative estimate of drug-likeness (QED) is 0.185. The van der Waals surface area contributed by atoms with Crippen LogP contribution in [0.4, 0.5) is 4.79 Å². The Morgan fingerprint density at radius 3 is 2.45 bits per heavy atom. The summed E-state index contributed by atoms with van der Waals surface area (Å²) in [5.74, 6) is 2.90. The highest BCUT2D eigenvalue weighted by Crippen LogP contribution is 2.35. The Bertz CT molecular complexity index is 1260. The van der Waals surface area contributed by atoms with E-state index in [1.165, 1.54) is 4.90 Å². The molecule has 0 radical (unpaired) electrons. The van der Waals surface area contributed by atoms with Crippen LogP contribution in [-0.4, -0.2) is 22.7 Å². The molecule has 0 atom stereocenters. The highest BCUT2D eigenvalue weighted by Gasteiger charge is 2.35. The van der Waals surface area contributed by atoms with Crippen LogP contribution in [-0.2, 0) is 11.3 Å². The molecule has 0 N–H and O–H groups in total. The van der Waals surface area contributed by atoms with Crippen molar-refractivity contribution >= 4 is 84.9 Å². The van der Waals surface area contributed by atoms with Crippen LogP contribution in [0.1, 0.15) is 11.1 Å². The minimum absolute atomic E-state index is 0.193. The van der Waals surface area contributed by atoms with Crippen LogP contribution < -0.4 is 4.74 Å². The van der Waals surface area contributed by atoms with E-state index in [9.17, 15) is 9.59 Å². The molecule has 1 aliphatic heterocycles. The molecule has 1 heterocycles. The number of fused-ring (bicyclic) bond motifs is 1. The molecule has 3 aromatic rings. The van der Waals surface area contributed by atoms with Crippen LogP contribution in [0.5, 0.6) is 5.75 Å². The lowest BCUT2D eigenvalue weighted by Gasteiger charge is -2.13. The predicted octanol–water partition coefficient (Wildman–Crippen LogP) is 6.30. The van der Waals surface area contributed by atoms with E-state index in [0.717, 1.165) is 46.6 Å². The van der Waals surface area contributed by atoms with Gasteiger partial charge < -0.3 is 4.74 Å². The number of imide groups is 1. The topological polar surface area (TPSA) is 46.6 Å². The van der Waals surface area contributed by atoms with Crippen molar-refractivity contribution in [2.24, 2.45) is 0 Å². The van der Waals surface area contributed by atoms with Crippen LogP contribution in [0.15, 0.2) is 59.5 Å². The van der Waals surface area contributed by atoms with Crippen LogP contribution in [0.2, 0.25) is 0 Å². The fourth-order valence-corrected chi connectivity index (χ4v) is 6.19. The van der Waals surface area contributed by atoms with Gasteiger partial charge in [-0.3, -0.25) is 14.5 Å². The molecular weight excluding hydrogens is 636 g/mol. The number of benzene rings is 3. The van der Waals surface area contributed by atoms with Crippen molar-refractivity contribution in [3.63, 3.8) is 0 Å². The second-order valence-corrected chi connectivity index (χ2v) is 10.1. The first kappa shape index (κ1) is 22.2. The van der Waals surface area contributed by atoms with Crippen molar-refractivity contribution in [2.75, 3.05) is 6.61 Å². The summed E-state index contributed by atoms with van der Waals surface area (Å²) in [4.78, 5) is 27.2. The highest BCUT2D eigenvalue weighted by molar-refractivity contribution is 14.1. The highest BCUT2D eigenvalue weighted by atomic mass is 127. The minimum Gasteiger partial charge on any atom is -0.479 e. The van der Waals surface area contributed by atoms with Crippen molar-refractivity contribution in [1.82, 2.24) is 4.90 Å². The summed E-state index contributed by atoms with van der Waals surface area (Å²) in [6.07, 6.45) is 7.02. The molecule has 154 valence electrons. The van der Waals surface area contributed by atoms with Gasteiger partial charge >= 0.3 is 0 Å². The van der Waals surface area contributed by atoms with E-state index in [2.05, 4.69) is 51.1 Å². The Morgan fingerprint density at radius 2 is 1.74 bits per heavy atom. The number of ether oxygens (including phenoxy) is 1. The number of terminal acetylenes is 1. The van der Waals surface area contributed by atoms with Gasteiger partial charge in [0.25, 0.3) is 11.1 Å². The minimum atomic E-state index is -0.277. The van der Waals surface area contributed by atoms with E-state index >= 15 is 0 Å². The zero-order valence-corrected chi connectivity index (χ0v) is 21.2. The zero-order chi connectivity index (χ0) is 22.0. The first-order chi connectivity index (χ1) is 15.0. The maximum atomic E-state index is 12.9. The SMILES string of the molecule is C#CCOc1c(I)cc(/C=C2\SC(=O)N(Cc3ccc4ccccc4c3)C2=O)cc1I. The number of thioether (sulfide) groups is 1. The molecule has 0 saturated carbocycles. The zero-order valence-electron chi connectivity index (χ0n) is 16.1. The average molecular weight is 651 g/mol. The van der Waals surface area contributed by atoms with Crippen LogP contribution >= 0.6 is 56.9 Å². The Labute approximate surface area is 211 Å². The molecule has 2 amide bonds. The lowest BCUT2D eigenvalue weighted by Crippen LogP contribution is -2.27. The Balaban J connectivity index is 1.56. The van der Waals surface area contributed by atoms with Gasteiger partial charge in [-0.05, 0) is 103 Å². The number of carbonyl (C=O) groups excluding carboxylic acids is 2. The van der Waals surface area contributed by atoms with Crippen molar-refractivity contribution in [3.05, 3.63) is 77.8 Å². The van der Waals surface area contributed by atoms with Crippen molar-refractivity contribution in [2.45, 2.75) is 6.54 Å². The van der Waals surface area contributed by atoms with Gasteiger partial charge in [-0.1, -0.05) is 42.3 Å². The largest absolute Gasteiger partial charge is 0.479 e. The summed E-state index contributed by atoms with van der Waals surface area (Å²) < 4.78 is 7.37. The van der Waals surface area contributed by atoms with Crippen molar-refractivity contribution in [3.8, 4) is 18.1 Å². The Morgan fingerprint density at radius 1 is 1.03 bits per heavy atom. The summed E-state index contributed by atoms with van der Waals surface area (Å²) in [5.41, 5.74) is 1.75. The molecule has 0 unspecified atom stereocenters. The summed E-state index contributed by atoms with van der Waals surface area (Å²) in [6, 6.07) is 17.8. The normalized spacial score (nSPS) is 15.0. The van der Waals surface area contributed by atoms with Gasteiger partial charge in [0.05, 0.1) is 18.6 Å². The van der Waals surface area contributed by atoms with Crippen LogP contribution in [0, 0.1) is 19.5 Å². The third kappa shape index (κ3) is 4.91. The molecular formula is C24H15I2NO3S. The number of halogens is 2. The Kier molecular flexibility index (Phi) is 6.89. The molecule has 4 rings (SSSR count). The van der Waals surface area contributed by atoms with Crippen LogP contribution in [0.25, 0.3) is 16.8 Å². The van der Waals surface area contributed by atoms with E-state index in [0.29, 0.717) is 4.91 Å². The molecule has 0 bridgehead atoms. The molecule has 1 fully saturated rings. The summed E-state index contributed by atoms with van der Waals surface area (Å²) in [6.45, 7) is 0.444. The first-order valence-corrected chi connectivity index (χ1v) is 12.2. The van der Waals surface area contributed by atoms with E-state index in [1.807, 2.05) is 54.6 Å². The lowest BCUT2D eigenvalue weighted by atomic mass is 10.1. The maximum Gasteiger partial charge on any atom is 0.293 e. The smallest absolute Gasteiger partial charge is 0.293 e. The van der Waals surface area contributed by atoms with Crippen molar-refractivity contribution < 1.29 is 14.3 Å². The number of hydrogen-bond acceptors (Lipinski definition) is 4. The molecule has 1 aliphatic rings. The number of nitrogens with zero attached hydrogens (tertiary/aromatic N) is 1. The molecule has 7 heteroatoms. The van der Waals surface area contributed by atoms with E-state index in [-0.39, 0.29) is 24.3 Å². The third-order valence-electron chi connectivity index (χ3n) is 4.65. The number of rotatable bonds is 5. The van der Waals surface area contributed by atoms with E-state index in [4.69, 9.17) is 11.2 Å². The van der Waals surface area contributed by atoms with Gasteiger partial charge in [-0.25, -0.2) is 0 Å². The van der Waals surface area contributed by atoms with Crippen LogP contribution in [0.3, 0.4) is 0 Å². The molecule has 0 aromatic heterocycles. The average Bonchev–Trinajstić information content (AvgIpc) is 3.00. The van der Waals surface area contributed by atoms with Gasteiger partial charge in [0, 0.05) is 0 Å². The lowest BCUT2D eigenvalue weighted by molar-refractivity contribution is -0.123. The molecule has 31 heavy (non-hydrogen) atoms. The van der Waals surface area contributed by atoms with Gasteiger partial charge in [0.1, 0.15) is 12.4 Å². The maximum absolute atomic E-state index is 12.9. The second-order valence-electron chi connectivity index (χ2n) is 6.76. The Hall–Kier alpha value is -2.03. The summed E-state index contributed by atoms with van der Waals surface area (Å²) in [7, 11) is 0. The monoisotopic (exact) mass is 651 g/mol. The van der Waals surface area contributed by atoms with Gasteiger partial charge in [0.15, 0.2) is 0 Å². The fourth-order valence-electron chi connectivity index (χ4n) is 3.22.